The highest BCUT2D eigenvalue weighted by molar-refractivity contribution is 6.00. The lowest BCUT2D eigenvalue weighted by molar-refractivity contribution is -0.120. The third-order valence-electron chi connectivity index (χ3n) is 2.74. The number of amides is 1. The molecule has 0 spiro atoms. The van der Waals surface area contributed by atoms with Crippen LogP contribution in [-0.4, -0.2) is 30.9 Å². The zero-order chi connectivity index (χ0) is 11.0. The van der Waals surface area contributed by atoms with Crippen LogP contribution in [0.4, 0.5) is 11.4 Å². The molecule has 0 bridgehead atoms. The van der Waals surface area contributed by atoms with E-state index in [2.05, 4.69) is 5.32 Å². The van der Waals surface area contributed by atoms with Crippen molar-refractivity contribution in [2.24, 2.45) is 0 Å². The van der Waals surface area contributed by atoms with Crippen molar-refractivity contribution in [3.8, 4) is 0 Å². The number of hydrogen-bond acceptors (Lipinski definition) is 2. The first-order chi connectivity index (χ1) is 7.09. The lowest BCUT2D eigenvalue weighted by Crippen LogP contribution is -2.44. The minimum atomic E-state index is -0.126. The molecule has 1 amide bonds. The van der Waals surface area contributed by atoms with Crippen molar-refractivity contribution in [3.05, 3.63) is 23.8 Å². The van der Waals surface area contributed by atoms with Gasteiger partial charge in [-0.25, -0.2) is 0 Å². The summed E-state index contributed by atoms with van der Waals surface area (Å²) in [5, 5.41) is 2.79. The molecule has 1 aromatic carbocycles. The van der Waals surface area contributed by atoms with Gasteiger partial charge in [0.25, 0.3) is 0 Å². The number of likely N-dealkylation sites (N-methyl/N-ethyl adjacent to an activating group) is 1. The number of anilines is 1. The summed E-state index contributed by atoms with van der Waals surface area (Å²) < 4.78 is 0. The minimum Gasteiger partial charge on any atom is -0.323 e. The molecule has 1 radical (unpaired) electrons. The molecule has 1 aliphatic rings. The fourth-order valence-electron chi connectivity index (χ4n) is 1.84. The number of fused-ring (bicyclic) bond motifs is 1. The minimum absolute atomic E-state index is 0.0211. The van der Waals surface area contributed by atoms with Gasteiger partial charge in [0.1, 0.15) is 0 Å². The molecule has 1 atom stereocenters. The van der Waals surface area contributed by atoms with Crippen molar-refractivity contribution < 1.29 is 4.79 Å². The Morgan fingerprint density at radius 3 is 2.87 bits per heavy atom. The summed E-state index contributed by atoms with van der Waals surface area (Å²) in [7, 11) is 3.78. The fourth-order valence-corrected chi connectivity index (χ4v) is 1.84. The molecule has 1 aromatic rings. The predicted molar refractivity (Wildman–Crippen MR) is 59.0 cm³/mol. The van der Waals surface area contributed by atoms with Crippen LogP contribution in [0.3, 0.4) is 0 Å². The van der Waals surface area contributed by atoms with E-state index < -0.39 is 0 Å². The molecule has 15 heavy (non-hydrogen) atoms. The molecule has 0 aliphatic carbocycles. The van der Waals surface area contributed by atoms with E-state index in [4.69, 9.17) is 5.73 Å². The van der Waals surface area contributed by atoms with Crippen LogP contribution in [0.5, 0.6) is 0 Å². The number of benzene rings is 1. The molecule has 79 valence electrons. The smallest absolute Gasteiger partial charge is 0.242 e. The van der Waals surface area contributed by atoms with Gasteiger partial charge in [-0.1, -0.05) is 12.1 Å². The first-order valence-electron chi connectivity index (χ1n) is 4.90. The summed E-state index contributed by atoms with van der Waals surface area (Å²) >= 11 is 0. The number of nitrogens with one attached hydrogen (secondary N) is 2. The highest BCUT2D eigenvalue weighted by Crippen LogP contribution is 2.30. The van der Waals surface area contributed by atoms with Gasteiger partial charge < -0.3 is 5.32 Å². The highest BCUT2D eigenvalue weighted by atomic mass is 16.2. The number of carbonyl (C=O) groups is 1. The molecular weight excluding hydrogens is 190 g/mol. The van der Waals surface area contributed by atoms with Crippen LogP contribution in [0.25, 0.3) is 0 Å². The third-order valence-corrected chi connectivity index (χ3v) is 2.74. The summed E-state index contributed by atoms with van der Waals surface area (Å²) in [6, 6.07) is 5.38. The average molecular weight is 204 g/mol. The van der Waals surface area contributed by atoms with Gasteiger partial charge in [0.05, 0.1) is 17.4 Å². The summed E-state index contributed by atoms with van der Waals surface area (Å²) in [5.41, 5.74) is 9.78. The van der Waals surface area contributed by atoms with Crippen molar-refractivity contribution in [3.63, 3.8) is 0 Å². The van der Waals surface area contributed by atoms with Crippen LogP contribution < -0.4 is 11.1 Å². The molecule has 0 aromatic heterocycles. The van der Waals surface area contributed by atoms with Gasteiger partial charge in [0, 0.05) is 0 Å². The first-order valence-corrected chi connectivity index (χ1v) is 4.90. The maximum absolute atomic E-state index is 11.7. The summed E-state index contributed by atoms with van der Waals surface area (Å²) in [5.74, 6) is -0.0211. The molecule has 0 saturated carbocycles. The van der Waals surface area contributed by atoms with Crippen molar-refractivity contribution in [1.29, 1.82) is 0 Å². The Morgan fingerprint density at radius 2 is 2.20 bits per heavy atom. The Labute approximate surface area is 89.1 Å². The second kappa shape index (κ2) is 3.55. The molecule has 1 unspecified atom stereocenters. The van der Waals surface area contributed by atoms with Gasteiger partial charge in [-0.05, 0) is 32.1 Å². The molecular formula is C11H14N3O. The summed E-state index contributed by atoms with van der Waals surface area (Å²) in [6.07, 6.45) is 0.681. The number of carbonyl (C=O) groups excluding carboxylic acids is 1. The number of nitrogens with zero attached hydrogens (tertiary/aromatic N) is 1. The van der Waals surface area contributed by atoms with E-state index in [-0.39, 0.29) is 11.9 Å². The second-order valence-electron chi connectivity index (χ2n) is 4.01. The lowest BCUT2D eigenvalue weighted by atomic mass is 9.97. The van der Waals surface area contributed by atoms with Crippen molar-refractivity contribution in [2.75, 3.05) is 19.4 Å². The van der Waals surface area contributed by atoms with E-state index in [9.17, 15) is 4.79 Å². The SMILES string of the molecule is CN(C)C1Cc2cccc([NH])c2NC1=O. The zero-order valence-electron chi connectivity index (χ0n) is 8.87. The van der Waals surface area contributed by atoms with Gasteiger partial charge in [-0.2, -0.15) is 0 Å². The van der Waals surface area contributed by atoms with E-state index in [1.165, 1.54) is 0 Å². The number of rotatable bonds is 1. The second-order valence-corrected chi connectivity index (χ2v) is 4.01. The van der Waals surface area contributed by atoms with Crippen molar-refractivity contribution in [1.82, 2.24) is 10.6 Å². The molecule has 4 nitrogen and oxygen atoms in total. The normalized spacial score (nSPS) is 19.9. The highest BCUT2D eigenvalue weighted by Gasteiger charge is 2.28. The maximum atomic E-state index is 11.7. The summed E-state index contributed by atoms with van der Waals surface area (Å²) in [6.45, 7) is 0. The van der Waals surface area contributed by atoms with Crippen LogP contribution >= 0.6 is 0 Å². The van der Waals surface area contributed by atoms with Crippen LogP contribution in [-0.2, 0) is 11.2 Å². The van der Waals surface area contributed by atoms with Gasteiger partial charge in [-0.15, -0.1) is 0 Å². The molecule has 4 heteroatoms. The lowest BCUT2D eigenvalue weighted by Gasteiger charge is -2.29. The molecule has 0 fully saturated rings. The molecule has 2 N–H and O–H groups in total. The Hall–Kier alpha value is -1.55. The first kappa shape index (κ1) is 9.98. The van der Waals surface area contributed by atoms with Crippen LogP contribution in [0.15, 0.2) is 18.2 Å². The van der Waals surface area contributed by atoms with Crippen LogP contribution in [0, 0.1) is 0 Å². The molecule has 0 saturated heterocycles. The number of para-hydroxylation sites is 1. The average Bonchev–Trinajstić information content (AvgIpc) is 2.18. The van der Waals surface area contributed by atoms with Gasteiger partial charge >= 0.3 is 0 Å². The fraction of sp³-hybridized carbons (Fsp3) is 0.364. The Kier molecular flexibility index (Phi) is 2.36. The summed E-state index contributed by atoms with van der Waals surface area (Å²) in [4.78, 5) is 13.6. The van der Waals surface area contributed by atoms with Crippen molar-refractivity contribution in [2.45, 2.75) is 12.5 Å². The van der Waals surface area contributed by atoms with E-state index in [1.807, 2.05) is 31.1 Å². The van der Waals surface area contributed by atoms with E-state index in [0.717, 1.165) is 5.56 Å². The van der Waals surface area contributed by atoms with E-state index in [1.54, 1.807) is 6.07 Å². The quantitative estimate of drug-likeness (QED) is 0.742. The molecule has 1 aliphatic heterocycles. The van der Waals surface area contributed by atoms with E-state index >= 15 is 0 Å². The van der Waals surface area contributed by atoms with Crippen molar-refractivity contribution >= 4 is 17.3 Å². The zero-order valence-corrected chi connectivity index (χ0v) is 8.87. The topological polar surface area (TPSA) is 56.1 Å². The monoisotopic (exact) mass is 204 g/mol. The van der Waals surface area contributed by atoms with Gasteiger partial charge in [0.2, 0.25) is 5.91 Å². The van der Waals surface area contributed by atoms with Crippen LogP contribution in [0.2, 0.25) is 0 Å². The maximum Gasteiger partial charge on any atom is 0.242 e. The third kappa shape index (κ3) is 1.68. The Bertz CT molecular complexity index is 401. The van der Waals surface area contributed by atoms with E-state index in [0.29, 0.717) is 17.8 Å². The predicted octanol–water partition coefficient (Wildman–Crippen LogP) is 1.03. The van der Waals surface area contributed by atoms with Crippen LogP contribution in [0.1, 0.15) is 5.56 Å². The molecule has 1 heterocycles. The number of hydrogen-bond donors (Lipinski definition) is 1. The Morgan fingerprint density at radius 1 is 1.47 bits per heavy atom. The van der Waals surface area contributed by atoms with Gasteiger partial charge in [-0.3, -0.25) is 15.4 Å². The largest absolute Gasteiger partial charge is 0.323 e. The molecule has 2 rings (SSSR count). The Balaban J connectivity index is 2.38. The standard InChI is InChI=1S/C11H14N3O/c1-14(2)9-6-7-4-3-5-8(12)10(7)13-11(9)15/h3-5,9,12H,6H2,1-2H3,(H,13,15). The van der Waals surface area contributed by atoms with Gasteiger partial charge in [0.15, 0.2) is 0 Å².